The number of rotatable bonds is 12. The number of phosphoric acid groups is 2. The first-order valence-corrected chi connectivity index (χ1v) is 12.0. The molecule has 30 heavy (non-hydrogen) atoms. The van der Waals surface area contributed by atoms with Crippen LogP contribution in [0.15, 0.2) is 11.6 Å². The van der Waals surface area contributed by atoms with E-state index in [1.54, 1.807) is 6.92 Å². The minimum atomic E-state index is -5.12. The summed E-state index contributed by atoms with van der Waals surface area (Å²) in [6, 6.07) is 0. The topological polar surface area (TPSA) is 213 Å². The van der Waals surface area contributed by atoms with Crippen molar-refractivity contribution < 1.29 is 62.5 Å². The quantitative estimate of drug-likeness (QED) is 0.135. The Hall–Kier alpha value is -0.240. The molecule has 0 amide bonds. The van der Waals surface area contributed by atoms with Crippen LogP contribution in [0, 0.1) is 0 Å². The molecule has 3 unspecified atom stereocenters. The Bertz CT molecular complexity index is 671. The lowest BCUT2D eigenvalue weighted by molar-refractivity contribution is -0.0523. The third kappa shape index (κ3) is 8.36. The van der Waals surface area contributed by atoms with E-state index in [9.17, 15) is 44.4 Å². The van der Waals surface area contributed by atoms with Gasteiger partial charge in [0.2, 0.25) is 0 Å². The van der Waals surface area contributed by atoms with Crippen molar-refractivity contribution in [2.24, 2.45) is 0 Å². The Kier molecular flexibility index (Phi) is 10.7. The Morgan fingerprint density at radius 3 is 2.17 bits per heavy atom. The molecule has 1 aliphatic rings. The summed E-state index contributed by atoms with van der Waals surface area (Å²) < 4.78 is 41.8. The Morgan fingerprint density at radius 2 is 1.67 bits per heavy atom. The molecule has 0 aromatic rings. The van der Waals surface area contributed by atoms with Crippen LogP contribution in [0.2, 0.25) is 0 Å². The summed E-state index contributed by atoms with van der Waals surface area (Å²) in [6.45, 7) is 3.23. The van der Waals surface area contributed by atoms with E-state index in [4.69, 9.17) is 4.74 Å². The first kappa shape index (κ1) is 27.8. The fourth-order valence-corrected chi connectivity index (χ4v) is 4.62. The summed E-state index contributed by atoms with van der Waals surface area (Å²) in [7, 11) is -10.2. The van der Waals surface area contributed by atoms with Crippen LogP contribution in [0.5, 0.6) is 0 Å². The maximum Gasteiger partial charge on any atom is 0.481 e. The van der Waals surface area contributed by atoms with Crippen LogP contribution in [0.25, 0.3) is 0 Å². The molecule has 0 aliphatic carbocycles. The predicted molar refractivity (Wildman–Crippen MR) is 101 cm³/mol. The molecule has 15 heteroatoms. The van der Waals surface area contributed by atoms with Crippen LogP contribution in [0.4, 0.5) is 0 Å². The second-order valence-electron chi connectivity index (χ2n) is 6.83. The second-order valence-corrected chi connectivity index (χ2v) is 9.88. The second kappa shape index (κ2) is 11.6. The molecule has 0 aromatic carbocycles. The van der Waals surface area contributed by atoms with Crippen LogP contribution in [-0.2, 0) is 27.2 Å². The summed E-state index contributed by atoms with van der Waals surface area (Å²) in [5, 5.41) is 48.7. The number of aliphatic hydroxyl groups excluding tert-OH is 5. The van der Waals surface area contributed by atoms with Crippen molar-refractivity contribution in [3.8, 4) is 0 Å². The van der Waals surface area contributed by atoms with Crippen LogP contribution < -0.4 is 0 Å². The Morgan fingerprint density at radius 1 is 1.10 bits per heavy atom. The molecule has 0 radical (unpaired) electrons. The van der Waals surface area contributed by atoms with Gasteiger partial charge in [0.25, 0.3) is 0 Å². The third-order valence-electron chi connectivity index (χ3n) is 4.52. The number of allylic oxidation sites excluding steroid dienone is 1. The van der Waals surface area contributed by atoms with Crippen molar-refractivity contribution in [1.82, 2.24) is 0 Å². The van der Waals surface area contributed by atoms with Gasteiger partial charge in [-0.15, -0.1) is 0 Å². The van der Waals surface area contributed by atoms with E-state index in [0.29, 0.717) is 5.57 Å². The average molecular weight is 480 g/mol. The first-order chi connectivity index (χ1) is 13.7. The van der Waals surface area contributed by atoms with Crippen molar-refractivity contribution in [2.75, 3.05) is 13.2 Å². The lowest BCUT2D eigenvalue weighted by atomic mass is 10.00. The highest BCUT2D eigenvalue weighted by atomic mass is 31.3. The highest BCUT2D eigenvalue weighted by molar-refractivity contribution is 7.61. The van der Waals surface area contributed by atoms with Crippen molar-refractivity contribution in [3.05, 3.63) is 11.6 Å². The summed E-state index contributed by atoms with van der Waals surface area (Å²) in [6.07, 6.45) is -7.90. The van der Waals surface area contributed by atoms with Gasteiger partial charge in [-0.1, -0.05) is 6.08 Å². The minimum absolute atomic E-state index is 0.398. The third-order valence-corrected chi connectivity index (χ3v) is 7.15. The molecule has 1 aliphatic heterocycles. The van der Waals surface area contributed by atoms with Crippen molar-refractivity contribution in [1.29, 1.82) is 0 Å². The normalized spacial score (nSPS) is 32.3. The standard InChI is InChI=1S/C15H30O13P2/c1-4-8(2)12(17)14(19)10(16)5-6-25-29(21,22)28-30(23,24)26-7-11-15(20)13(18)9(3)27-11/h4,9-20H,5-7H2,1-3H3,(H,21,22)(H,23,24)/b8-4+/t9?,10-,11-,12+,13+,14-,15-/m1/s1. The van der Waals surface area contributed by atoms with Gasteiger partial charge < -0.3 is 40.1 Å². The van der Waals surface area contributed by atoms with Gasteiger partial charge in [-0.2, -0.15) is 4.31 Å². The lowest BCUT2D eigenvalue weighted by Crippen LogP contribution is -2.38. The van der Waals surface area contributed by atoms with Gasteiger partial charge in [0, 0.05) is 0 Å². The van der Waals surface area contributed by atoms with Crippen molar-refractivity contribution >= 4 is 15.6 Å². The zero-order chi connectivity index (χ0) is 23.3. The van der Waals surface area contributed by atoms with Gasteiger partial charge in [0.05, 0.1) is 25.4 Å². The monoisotopic (exact) mass is 480 g/mol. The van der Waals surface area contributed by atoms with Crippen LogP contribution in [0.3, 0.4) is 0 Å². The van der Waals surface area contributed by atoms with E-state index in [0.717, 1.165) is 0 Å². The average Bonchev–Trinajstić information content (AvgIpc) is 2.90. The van der Waals surface area contributed by atoms with E-state index in [1.807, 2.05) is 0 Å². The molecule has 1 heterocycles. The Balaban J connectivity index is 2.48. The number of ether oxygens (including phenoxy) is 1. The SMILES string of the molecule is C/C=C(\C)[C@H](O)[C@H](O)[C@H](O)CCOP(=O)(O)OP(=O)(O)OC[C@H]1OC(C)[C@H](O)[C@@H]1O. The van der Waals surface area contributed by atoms with Crippen molar-refractivity contribution in [2.45, 2.75) is 69.9 Å². The first-order valence-electron chi connectivity index (χ1n) is 9.05. The minimum Gasteiger partial charge on any atom is -0.390 e. The van der Waals surface area contributed by atoms with Crippen LogP contribution >= 0.6 is 15.6 Å². The molecule has 0 spiro atoms. The molecule has 178 valence electrons. The van der Waals surface area contributed by atoms with Gasteiger partial charge in [0.15, 0.2) is 0 Å². The molecule has 0 aromatic heterocycles. The molecule has 7 N–H and O–H groups in total. The zero-order valence-corrected chi connectivity index (χ0v) is 18.5. The van der Waals surface area contributed by atoms with E-state index in [-0.39, 0.29) is 0 Å². The Labute approximate surface area is 173 Å². The van der Waals surface area contributed by atoms with Gasteiger partial charge >= 0.3 is 15.6 Å². The molecule has 13 nitrogen and oxygen atoms in total. The maximum atomic E-state index is 11.8. The summed E-state index contributed by atoms with van der Waals surface area (Å²) in [4.78, 5) is 19.1. The number of aliphatic hydroxyl groups is 5. The molecule has 1 rings (SSSR count). The predicted octanol–water partition coefficient (Wildman–Crippen LogP) is -0.815. The van der Waals surface area contributed by atoms with E-state index in [1.165, 1.54) is 19.9 Å². The molecule has 0 bridgehead atoms. The van der Waals surface area contributed by atoms with E-state index >= 15 is 0 Å². The van der Waals surface area contributed by atoms with E-state index < -0.39 is 78.0 Å². The number of hydrogen-bond donors (Lipinski definition) is 7. The highest BCUT2D eigenvalue weighted by Crippen LogP contribution is 2.60. The number of phosphoric ester groups is 2. The number of hydrogen-bond acceptors (Lipinski definition) is 11. The van der Waals surface area contributed by atoms with Gasteiger partial charge in [-0.3, -0.25) is 9.05 Å². The molecular weight excluding hydrogens is 450 g/mol. The molecular formula is C15H30O13P2. The summed E-state index contributed by atoms with van der Waals surface area (Å²) in [5.74, 6) is 0. The molecule has 9 atom stereocenters. The highest BCUT2D eigenvalue weighted by Gasteiger charge is 2.43. The van der Waals surface area contributed by atoms with Gasteiger partial charge in [0.1, 0.15) is 30.5 Å². The van der Waals surface area contributed by atoms with Crippen molar-refractivity contribution in [3.63, 3.8) is 0 Å². The van der Waals surface area contributed by atoms with Gasteiger partial charge in [-0.05, 0) is 32.8 Å². The summed E-state index contributed by atoms with van der Waals surface area (Å²) >= 11 is 0. The maximum absolute atomic E-state index is 11.8. The van der Waals surface area contributed by atoms with Crippen LogP contribution in [0.1, 0.15) is 27.2 Å². The summed E-state index contributed by atoms with van der Waals surface area (Å²) in [5.41, 5.74) is 0.398. The fraction of sp³-hybridized carbons (Fsp3) is 0.867. The molecule has 1 fully saturated rings. The van der Waals surface area contributed by atoms with E-state index in [2.05, 4.69) is 13.4 Å². The zero-order valence-electron chi connectivity index (χ0n) is 16.7. The lowest BCUT2D eigenvalue weighted by Gasteiger charge is -2.24. The smallest absolute Gasteiger partial charge is 0.390 e. The molecule has 0 saturated carbocycles. The van der Waals surface area contributed by atoms with Gasteiger partial charge in [-0.25, -0.2) is 9.13 Å². The molecule has 1 saturated heterocycles. The van der Waals surface area contributed by atoms with Crippen LogP contribution in [-0.4, -0.2) is 91.3 Å². The fourth-order valence-electron chi connectivity index (χ4n) is 2.53. The largest absolute Gasteiger partial charge is 0.481 e.